The molecular weight excluding hydrogens is 386 g/mol. The van der Waals surface area contributed by atoms with Gasteiger partial charge in [0.1, 0.15) is 12.4 Å². The molecule has 1 fully saturated rings. The van der Waals surface area contributed by atoms with E-state index in [0.29, 0.717) is 18.8 Å². The van der Waals surface area contributed by atoms with Gasteiger partial charge in [-0.1, -0.05) is 6.07 Å². The highest BCUT2D eigenvalue weighted by atomic mass is 32.1. The van der Waals surface area contributed by atoms with Gasteiger partial charge >= 0.3 is 0 Å². The van der Waals surface area contributed by atoms with Crippen LogP contribution in [-0.4, -0.2) is 43.6 Å². The standard InChI is InChI=1S/C21H23N5O2S/c1-14-7-8-19(27)26(24-14)13-20(28)25-9-3-5-16(12-25)21-22-15(2)11-17(23-21)18-6-4-10-29-18/h4,6-8,10-11,16H,3,5,9,12-13H2,1-2H3/t16-/m0/s1. The number of carbonyl (C=O) groups excluding carboxylic acids is 1. The van der Waals surface area contributed by atoms with Gasteiger partial charge in [-0.2, -0.15) is 5.10 Å². The second-order valence-corrected chi connectivity index (χ2v) is 8.33. The van der Waals surface area contributed by atoms with Crippen LogP contribution < -0.4 is 5.56 Å². The van der Waals surface area contributed by atoms with E-state index >= 15 is 0 Å². The molecule has 1 aliphatic heterocycles. The second kappa shape index (κ2) is 8.24. The summed E-state index contributed by atoms with van der Waals surface area (Å²) in [5.74, 6) is 0.784. The van der Waals surface area contributed by atoms with Crippen molar-refractivity contribution >= 4 is 17.2 Å². The van der Waals surface area contributed by atoms with Gasteiger partial charge in [-0.15, -0.1) is 11.3 Å². The van der Waals surface area contributed by atoms with Gasteiger partial charge in [0, 0.05) is 30.8 Å². The van der Waals surface area contributed by atoms with Crippen LogP contribution in [0.2, 0.25) is 0 Å². The van der Waals surface area contributed by atoms with Crippen LogP contribution >= 0.6 is 11.3 Å². The van der Waals surface area contributed by atoms with Crippen molar-refractivity contribution < 1.29 is 4.79 Å². The van der Waals surface area contributed by atoms with Crippen molar-refractivity contribution in [3.63, 3.8) is 0 Å². The lowest BCUT2D eigenvalue weighted by Gasteiger charge is -2.32. The number of thiophene rings is 1. The average molecular weight is 410 g/mol. The lowest BCUT2D eigenvalue weighted by molar-refractivity contribution is -0.133. The van der Waals surface area contributed by atoms with E-state index in [1.807, 2.05) is 24.4 Å². The smallest absolute Gasteiger partial charge is 0.267 e. The molecule has 0 spiro atoms. The van der Waals surface area contributed by atoms with Crippen LogP contribution in [0.3, 0.4) is 0 Å². The summed E-state index contributed by atoms with van der Waals surface area (Å²) in [4.78, 5) is 37.2. The third-order valence-electron chi connectivity index (χ3n) is 5.07. The lowest BCUT2D eigenvalue weighted by atomic mass is 9.96. The topological polar surface area (TPSA) is 81.0 Å². The molecular formula is C21H23N5O2S. The van der Waals surface area contributed by atoms with Gasteiger partial charge in [0.25, 0.3) is 5.56 Å². The molecule has 0 unspecified atom stereocenters. The maximum atomic E-state index is 12.8. The molecule has 150 valence electrons. The molecule has 0 aliphatic carbocycles. The number of carbonyl (C=O) groups is 1. The Kier molecular flexibility index (Phi) is 5.53. The van der Waals surface area contributed by atoms with Crippen molar-refractivity contribution in [3.05, 3.63) is 63.3 Å². The number of likely N-dealkylation sites (tertiary alicyclic amines) is 1. The molecule has 3 aromatic heterocycles. The molecule has 0 radical (unpaired) electrons. The minimum absolute atomic E-state index is 0.0393. The van der Waals surface area contributed by atoms with Gasteiger partial charge in [0.15, 0.2) is 0 Å². The number of hydrogen-bond donors (Lipinski definition) is 0. The molecule has 29 heavy (non-hydrogen) atoms. The maximum absolute atomic E-state index is 12.8. The van der Waals surface area contributed by atoms with Crippen molar-refractivity contribution in [3.8, 4) is 10.6 Å². The second-order valence-electron chi connectivity index (χ2n) is 7.38. The Hall–Kier alpha value is -2.87. The van der Waals surface area contributed by atoms with Crippen molar-refractivity contribution in [2.24, 2.45) is 0 Å². The Labute approximate surface area is 173 Å². The predicted octanol–water partition coefficient (Wildman–Crippen LogP) is 2.78. The van der Waals surface area contributed by atoms with E-state index in [0.717, 1.165) is 34.9 Å². The van der Waals surface area contributed by atoms with Crippen LogP contribution in [0.1, 0.15) is 36.0 Å². The van der Waals surface area contributed by atoms with Crippen molar-refractivity contribution in [1.29, 1.82) is 0 Å². The summed E-state index contributed by atoms with van der Waals surface area (Å²) in [6.45, 7) is 4.98. The van der Waals surface area contributed by atoms with Crippen molar-refractivity contribution in [1.82, 2.24) is 24.6 Å². The summed E-state index contributed by atoms with van der Waals surface area (Å²) in [5.41, 5.74) is 2.31. The number of piperidine rings is 1. The molecule has 4 rings (SSSR count). The van der Waals surface area contributed by atoms with E-state index < -0.39 is 0 Å². The van der Waals surface area contributed by atoms with Gasteiger partial charge < -0.3 is 4.90 Å². The number of rotatable bonds is 4. The first-order valence-electron chi connectivity index (χ1n) is 9.71. The molecule has 0 saturated carbocycles. The van der Waals surface area contributed by atoms with Gasteiger partial charge in [0.2, 0.25) is 5.91 Å². The summed E-state index contributed by atoms with van der Waals surface area (Å²) in [6.07, 6.45) is 1.83. The zero-order valence-corrected chi connectivity index (χ0v) is 17.4. The molecule has 0 aromatic carbocycles. The summed E-state index contributed by atoms with van der Waals surface area (Å²) in [5, 5.41) is 6.21. The number of amides is 1. The largest absolute Gasteiger partial charge is 0.340 e. The predicted molar refractivity (Wildman–Crippen MR) is 112 cm³/mol. The van der Waals surface area contributed by atoms with Gasteiger partial charge in [-0.05, 0) is 50.3 Å². The quantitative estimate of drug-likeness (QED) is 0.662. The normalized spacial score (nSPS) is 16.8. The Bertz CT molecular complexity index is 1080. The SMILES string of the molecule is Cc1cc(-c2cccs2)nc([C@H]2CCCN(C(=O)Cn3nc(C)ccc3=O)C2)n1. The van der Waals surface area contributed by atoms with Crippen LogP contribution in [0.4, 0.5) is 0 Å². The number of hydrogen-bond acceptors (Lipinski definition) is 6. The molecule has 0 N–H and O–H groups in total. The summed E-state index contributed by atoms with van der Waals surface area (Å²) in [7, 11) is 0. The van der Waals surface area contributed by atoms with Crippen LogP contribution in [-0.2, 0) is 11.3 Å². The highest BCUT2D eigenvalue weighted by molar-refractivity contribution is 7.13. The maximum Gasteiger partial charge on any atom is 0.267 e. The Morgan fingerprint density at radius 3 is 2.86 bits per heavy atom. The first-order chi connectivity index (χ1) is 14.0. The minimum atomic E-state index is -0.264. The first-order valence-corrected chi connectivity index (χ1v) is 10.6. The average Bonchev–Trinajstić information content (AvgIpc) is 3.25. The summed E-state index contributed by atoms with van der Waals surface area (Å²) in [6, 6.07) is 9.16. The van der Waals surface area contributed by atoms with E-state index in [9.17, 15) is 9.59 Å². The lowest BCUT2D eigenvalue weighted by Crippen LogP contribution is -2.42. The fourth-order valence-corrected chi connectivity index (χ4v) is 4.32. The molecule has 4 heterocycles. The van der Waals surface area contributed by atoms with Crippen LogP contribution in [0.25, 0.3) is 10.6 Å². The van der Waals surface area contributed by atoms with Gasteiger partial charge in [-0.3, -0.25) is 9.59 Å². The van der Waals surface area contributed by atoms with Gasteiger partial charge in [0.05, 0.1) is 16.3 Å². The highest BCUT2D eigenvalue weighted by Crippen LogP contribution is 2.28. The van der Waals surface area contributed by atoms with Crippen molar-refractivity contribution in [2.45, 2.75) is 39.2 Å². The highest BCUT2D eigenvalue weighted by Gasteiger charge is 2.27. The van der Waals surface area contributed by atoms with E-state index in [4.69, 9.17) is 4.98 Å². The van der Waals surface area contributed by atoms with Crippen molar-refractivity contribution in [2.75, 3.05) is 13.1 Å². The third-order valence-corrected chi connectivity index (χ3v) is 5.96. The van der Waals surface area contributed by atoms with Crippen LogP contribution in [0.5, 0.6) is 0 Å². The molecule has 8 heteroatoms. The zero-order valence-electron chi connectivity index (χ0n) is 16.5. The molecule has 7 nitrogen and oxygen atoms in total. The van der Waals surface area contributed by atoms with E-state index in [-0.39, 0.29) is 23.9 Å². The summed E-state index contributed by atoms with van der Waals surface area (Å²) < 4.78 is 1.24. The van der Waals surface area contributed by atoms with E-state index in [1.165, 1.54) is 10.7 Å². The molecule has 1 atom stereocenters. The fourth-order valence-electron chi connectivity index (χ4n) is 3.63. The fraction of sp³-hybridized carbons (Fsp3) is 0.381. The van der Waals surface area contributed by atoms with E-state index in [2.05, 4.69) is 16.1 Å². The number of nitrogens with zero attached hydrogens (tertiary/aromatic N) is 5. The Morgan fingerprint density at radius 1 is 1.21 bits per heavy atom. The molecule has 1 saturated heterocycles. The van der Waals surface area contributed by atoms with E-state index in [1.54, 1.807) is 29.2 Å². The monoisotopic (exact) mass is 409 g/mol. The molecule has 1 aliphatic rings. The molecule has 0 bridgehead atoms. The van der Waals surface area contributed by atoms with Crippen LogP contribution in [0.15, 0.2) is 40.5 Å². The number of aryl methyl sites for hydroxylation is 2. The van der Waals surface area contributed by atoms with Crippen LogP contribution in [0, 0.1) is 13.8 Å². The molecule has 3 aromatic rings. The minimum Gasteiger partial charge on any atom is -0.340 e. The molecule has 1 amide bonds. The first kappa shape index (κ1) is 19.4. The Morgan fingerprint density at radius 2 is 2.07 bits per heavy atom. The summed E-state index contributed by atoms with van der Waals surface area (Å²) >= 11 is 1.66. The van der Waals surface area contributed by atoms with Gasteiger partial charge in [-0.25, -0.2) is 14.6 Å². The third kappa shape index (κ3) is 4.42. The number of aromatic nitrogens is 4. The zero-order chi connectivity index (χ0) is 20.4. The Balaban J connectivity index is 1.52.